The molecule has 7 nitrogen and oxygen atoms in total. The van der Waals surface area contributed by atoms with Crippen LogP contribution in [0.3, 0.4) is 0 Å². The Morgan fingerprint density at radius 1 is 1.36 bits per heavy atom. The fraction of sp³-hybridized carbons (Fsp3) is 0.320. The van der Waals surface area contributed by atoms with Gasteiger partial charge in [-0.05, 0) is 48.6 Å². The molecule has 0 fully saturated rings. The van der Waals surface area contributed by atoms with Crippen molar-refractivity contribution in [2.75, 3.05) is 20.0 Å². The first-order valence-corrected chi connectivity index (χ1v) is 11.7. The molecule has 8 heteroatoms. The summed E-state index contributed by atoms with van der Waals surface area (Å²) in [6.45, 7) is 2.07. The molecular weight excluding hydrogens is 436 g/mol. The maximum absolute atomic E-state index is 11.1. The highest BCUT2D eigenvalue weighted by Crippen LogP contribution is 2.37. The van der Waals surface area contributed by atoms with Crippen molar-refractivity contribution < 1.29 is 14.3 Å². The Kier molecular flexibility index (Phi) is 8.52. The quantitative estimate of drug-likeness (QED) is 0.328. The Morgan fingerprint density at radius 3 is 2.85 bits per heavy atom. The number of nitrogens with zero attached hydrogens (tertiary/aromatic N) is 2. The number of rotatable bonds is 9. The summed E-state index contributed by atoms with van der Waals surface area (Å²) in [5, 5.41) is 9.44. The largest absolute Gasteiger partial charge is 0.495 e. The maximum atomic E-state index is 11.1. The van der Waals surface area contributed by atoms with Gasteiger partial charge in [0, 0.05) is 17.2 Å². The number of nitrogens with two attached hydrogens (primary N) is 1. The molecule has 2 aromatic rings. The molecule has 0 saturated carbocycles. The van der Waals surface area contributed by atoms with Gasteiger partial charge >= 0.3 is 0 Å². The highest BCUT2D eigenvalue weighted by Gasteiger charge is 2.25. The number of aliphatic imine (C=N–C) groups is 1. The molecular formula is C25H28N4O3S. The van der Waals surface area contributed by atoms with Crippen molar-refractivity contribution >= 4 is 29.4 Å². The van der Waals surface area contributed by atoms with Gasteiger partial charge in [0.05, 0.1) is 31.2 Å². The SMILES string of the molecule is CC/C=C(/N=C(OC)c1ccc(OC)c(C#N)c1)c1cccc2c1CCC2NSCC(N)=O. The predicted molar refractivity (Wildman–Crippen MR) is 132 cm³/mol. The molecule has 3 rings (SSSR count). The Balaban J connectivity index is 1.96. The number of allylic oxidation sites excluding steroid dienone is 1. The zero-order chi connectivity index (χ0) is 23.8. The first-order valence-electron chi connectivity index (χ1n) is 10.7. The van der Waals surface area contributed by atoms with Crippen molar-refractivity contribution in [3.8, 4) is 11.8 Å². The van der Waals surface area contributed by atoms with Crippen molar-refractivity contribution in [1.82, 2.24) is 4.72 Å². The number of ether oxygens (including phenoxy) is 2. The molecule has 0 bridgehead atoms. The van der Waals surface area contributed by atoms with Crippen LogP contribution in [-0.4, -0.2) is 31.8 Å². The molecule has 1 amide bonds. The fourth-order valence-corrected chi connectivity index (χ4v) is 4.58. The summed E-state index contributed by atoms with van der Waals surface area (Å²) in [6.07, 6.45) is 4.72. The molecule has 1 atom stereocenters. The summed E-state index contributed by atoms with van der Waals surface area (Å²) in [7, 11) is 3.11. The number of benzene rings is 2. The summed E-state index contributed by atoms with van der Waals surface area (Å²) >= 11 is 1.34. The molecule has 3 N–H and O–H groups in total. The smallest absolute Gasteiger partial charge is 0.228 e. The molecule has 0 saturated heterocycles. The average Bonchev–Trinajstić information content (AvgIpc) is 3.24. The van der Waals surface area contributed by atoms with Crippen molar-refractivity contribution in [2.24, 2.45) is 10.7 Å². The number of methoxy groups -OCH3 is 2. The van der Waals surface area contributed by atoms with Crippen LogP contribution in [0.25, 0.3) is 5.70 Å². The molecule has 172 valence electrons. The molecule has 0 heterocycles. The summed E-state index contributed by atoms with van der Waals surface area (Å²) < 4.78 is 14.2. The third-order valence-corrected chi connectivity index (χ3v) is 6.25. The van der Waals surface area contributed by atoms with Crippen LogP contribution >= 0.6 is 11.9 Å². The van der Waals surface area contributed by atoms with E-state index in [9.17, 15) is 10.1 Å². The van der Waals surface area contributed by atoms with Crippen LogP contribution in [0.15, 0.2) is 47.5 Å². The van der Waals surface area contributed by atoms with Gasteiger partial charge in [-0.2, -0.15) is 5.26 Å². The number of nitrogens with one attached hydrogen (secondary N) is 1. The van der Waals surface area contributed by atoms with Crippen molar-refractivity contribution in [2.45, 2.75) is 32.2 Å². The molecule has 1 aliphatic rings. The molecule has 33 heavy (non-hydrogen) atoms. The number of carbonyl (C=O) groups is 1. The molecule has 1 unspecified atom stereocenters. The van der Waals surface area contributed by atoms with E-state index in [4.69, 9.17) is 20.2 Å². The van der Waals surface area contributed by atoms with E-state index in [0.717, 1.165) is 30.5 Å². The van der Waals surface area contributed by atoms with Gasteiger partial charge in [0.1, 0.15) is 11.8 Å². The minimum absolute atomic E-state index is 0.151. The van der Waals surface area contributed by atoms with Crippen LogP contribution in [-0.2, 0) is 16.0 Å². The van der Waals surface area contributed by atoms with Gasteiger partial charge in [-0.25, -0.2) is 4.99 Å². The lowest BCUT2D eigenvalue weighted by Gasteiger charge is -2.15. The zero-order valence-corrected chi connectivity index (χ0v) is 19.9. The standard InChI is InChI=1S/C25H28N4O3S/c1-4-6-21(28-25(32-3)16-9-12-23(31-2)17(13-16)14-26)19-7-5-8-20-18(19)10-11-22(20)29-33-15-24(27)30/h5-9,12-13,22,29H,4,10-11,15H2,1-3H3,(H2,27,30)/b21-6+,28-25?. The van der Waals surface area contributed by atoms with Gasteiger partial charge in [0.25, 0.3) is 0 Å². The van der Waals surface area contributed by atoms with E-state index in [0.29, 0.717) is 22.8 Å². The fourth-order valence-electron chi connectivity index (χ4n) is 3.91. The summed E-state index contributed by atoms with van der Waals surface area (Å²) in [6, 6.07) is 13.8. The summed E-state index contributed by atoms with van der Waals surface area (Å²) in [5.74, 6) is 0.832. The lowest BCUT2D eigenvalue weighted by atomic mass is 9.99. The Bertz CT molecular complexity index is 1120. The van der Waals surface area contributed by atoms with Crippen LogP contribution in [0, 0.1) is 11.3 Å². The van der Waals surface area contributed by atoms with Gasteiger partial charge in [0.15, 0.2) is 0 Å². The molecule has 0 aliphatic heterocycles. The number of carbonyl (C=O) groups excluding carboxylic acids is 1. The van der Waals surface area contributed by atoms with Crippen LogP contribution in [0.5, 0.6) is 5.75 Å². The van der Waals surface area contributed by atoms with Crippen LogP contribution in [0.2, 0.25) is 0 Å². The highest BCUT2D eigenvalue weighted by atomic mass is 32.2. The number of hydrogen-bond acceptors (Lipinski definition) is 7. The first-order chi connectivity index (χ1) is 16.0. The normalized spacial score (nSPS) is 15.6. The summed E-state index contributed by atoms with van der Waals surface area (Å²) in [5.41, 5.74) is 10.7. The van der Waals surface area contributed by atoms with Crippen LogP contribution in [0.4, 0.5) is 0 Å². The number of nitriles is 1. The minimum Gasteiger partial charge on any atom is -0.495 e. The Labute approximate surface area is 198 Å². The van der Waals surface area contributed by atoms with Gasteiger partial charge in [-0.15, -0.1) is 0 Å². The number of amides is 1. The van der Waals surface area contributed by atoms with Crippen molar-refractivity contribution in [3.63, 3.8) is 0 Å². The van der Waals surface area contributed by atoms with Gasteiger partial charge in [-0.1, -0.05) is 43.1 Å². The van der Waals surface area contributed by atoms with E-state index in [1.165, 1.54) is 30.2 Å². The molecule has 0 radical (unpaired) electrons. The third-order valence-electron chi connectivity index (χ3n) is 5.37. The van der Waals surface area contributed by atoms with Gasteiger partial charge < -0.3 is 15.2 Å². The monoisotopic (exact) mass is 464 g/mol. The van der Waals surface area contributed by atoms with E-state index in [2.05, 4.69) is 35.9 Å². The second kappa shape index (κ2) is 11.5. The zero-order valence-electron chi connectivity index (χ0n) is 19.1. The third kappa shape index (κ3) is 5.75. The lowest BCUT2D eigenvalue weighted by Crippen LogP contribution is -2.19. The predicted octanol–water partition coefficient (Wildman–Crippen LogP) is 4.12. The van der Waals surface area contributed by atoms with Crippen molar-refractivity contribution in [1.29, 1.82) is 5.26 Å². The van der Waals surface area contributed by atoms with Crippen LogP contribution in [0.1, 0.15) is 53.6 Å². The van der Waals surface area contributed by atoms with Crippen LogP contribution < -0.4 is 15.2 Å². The van der Waals surface area contributed by atoms with E-state index in [1.54, 1.807) is 19.2 Å². The van der Waals surface area contributed by atoms with E-state index in [1.807, 2.05) is 12.1 Å². The number of hydrogen-bond donors (Lipinski definition) is 2. The average molecular weight is 465 g/mol. The van der Waals surface area contributed by atoms with Gasteiger partial charge in [-0.3, -0.25) is 9.52 Å². The van der Waals surface area contributed by atoms with E-state index in [-0.39, 0.29) is 17.7 Å². The maximum Gasteiger partial charge on any atom is 0.228 e. The molecule has 1 aliphatic carbocycles. The summed E-state index contributed by atoms with van der Waals surface area (Å²) in [4.78, 5) is 15.9. The van der Waals surface area contributed by atoms with Crippen molar-refractivity contribution in [3.05, 3.63) is 70.3 Å². The molecule has 0 spiro atoms. The molecule has 0 aromatic heterocycles. The topological polar surface area (TPSA) is 110 Å². The first kappa shape index (κ1) is 24.4. The second-order valence-electron chi connectivity index (χ2n) is 7.48. The number of fused-ring (bicyclic) bond motifs is 1. The highest BCUT2D eigenvalue weighted by molar-refractivity contribution is 7.98. The van der Waals surface area contributed by atoms with E-state index < -0.39 is 0 Å². The lowest BCUT2D eigenvalue weighted by molar-refractivity contribution is -0.115. The van der Waals surface area contributed by atoms with E-state index >= 15 is 0 Å². The second-order valence-corrected chi connectivity index (χ2v) is 8.30. The Morgan fingerprint density at radius 2 is 2.18 bits per heavy atom. The number of primary amides is 1. The Hall–Kier alpha value is -3.28. The molecule has 2 aromatic carbocycles. The van der Waals surface area contributed by atoms with Gasteiger partial charge in [0.2, 0.25) is 11.8 Å². The minimum atomic E-state index is -0.341.